The first-order chi connectivity index (χ1) is 14.1. The summed E-state index contributed by atoms with van der Waals surface area (Å²) in [6.45, 7) is 6.42. The summed E-state index contributed by atoms with van der Waals surface area (Å²) < 4.78 is 5.84. The van der Waals surface area contributed by atoms with Gasteiger partial charge in [0.25, 0.3) is 0 Å². The second-order valence-corrected chi connectivity index (χ2v) is 8.38. The SMILES string of the molecule is CCCC1CCN(c2cc(CN(N)Cc3cccc4c3OCN4C)ccn2)CC1. The van der Waals surface area contributed by atoms with Crippen molar-refractivity contribution in [3.05, 3.63) is 47.7 Å². The van der Waals surface area contributed by atoms with Gasteiger partial charge in [0.05, 0.1) is 5.69 Å². The molecule has 2 N–H and O–H groups in total. The summed E-state index contributed by atoms with van der Waals surface area (Å²) in [6, 6.07) is 10.5. The highest BCUT2D eigenvalue weighted by molar-refractivity contribution is 5.64. The molecule has 0 unspecified atom stereocenters. The fourth-order valence-corrected chi connectivity index (χ4v) is 4.49. The van der Waals surface area contributed by atoms with Crippen LogP contribution >= 0.6 is 0 Å². The van der Waals surface area contributed by atoms with Crippen LogP contribution in [0.1, 0.15) is 43.7 Å². The number of pyridine rings is 1. The first-order valence-electron chi connectivity index (χ1n) is 10.8. The Hall–Kier alpha value is -2.31. The molecule has 2 aliphatic heterocycles. The maximum absolute atomic E-state index is 6.38. The van der Waals surface area contributed by atoms with Crippen molar-refractivity contribution in [2.75, 3.05) is 36.7 Å². The van der Waals surface area contributed by atoms with Crippen molar-refractivity contribution in [2.45, 2.75) is 45.7 Å². The van der Waals surface area contributed by atoms with Crippen LogP contribution in [0.4, 0.5) is 11.5 Å². The van der Waals surface area contributed by atoms with Crippen LogP contribution in [-0.2, 0) is 13.1 Å². The van der Waals surface area contributed by atoms with Crippen LogP contribution in [0.5, 0.6) is 5.75 Å². The molecule has 4 rings (SSSR count). The zero-order chi connectivity index (χ0) is 20.2. The standard InChI is InChI=1S/C23H33N5O/c1-3-5-18-9-12-27(13-10-18)22-14-19(8-11-25-22)15-28(24)16-20-6-4-7-21-23(20)29-17-26(21)2/h4,6-8,11,14,18H,3,5,9-10,12-13,15-17,24H2,1-2H3. The van der Waals surface area contributed by atoms with Gasteiger partial charge in [0.1, 0.15) is 11.6 Å². The van der Waals surface area contributed by atoms with Gasteiger partial charge in [-0.15, -0.1) is 0 Å². The molecular weight excluding hydrogens is 362 g/mol. The van der Waals surface area contributed by atoms with Gasteiger partial charge in [-0.2, -0.15) is 0 Å². The Balaban J connectivity index is 1.37. The summed E-state index contributed by atoms with van der Waals surface area (Å²) in [4.78, 5) is 9.15. The number of piperidine rings is 1. The lowest BCUT2D eigenvalue weighted by Crippen LogP contribution is -2.34. The Morgan fingerprint density at radius 1 is 1.21 bits per heavy atom. The lowest BCUT2D eigenvalue weighted by molar-refractivity contribution is 0.259. The maximum atomic E-state index is 6.38. The van der Waals surface area contributed by atoms with Crippen LogP contribution < -0.4 is 20.4 Å². The van der Waals surface area contributed by atoms with E-state index >= 15 is 0 Å². The molecule has 0 spiro atoms. The second-order valence-electron chi connectivity index (χ2n) is 8.38. The van der Waals surface area contributed by atoms with Crippen molar-refractivity contribution < 1.29 is 4.74 Å². The number of nitrogens with two attached hydrogens (primary N) is 1. The lowest BCUT2D eigenvalue weighted by Gasteiger charge is -2.33. The molecule has 0 aliphatic carbocycles. The summed E-state index contributed by atoms with van der Waals surface area (Å²) in [6.07, 6.45) is 7.10. The van der Waals surface area contributed by atoms with Crippen LogP contribution in [-0.4, -0.2) is 36.9 Å². The third-order valence-corrected chi connectivity index (χ3v) is 6.09. The summed E-state index contributed by atoms with van der Waals surface area (Å²) in [5, 5.41) is 1.85. The van der Waals surface area contributed by atoms with Crippen LogP contribution in [0.25, 0.3) is 0 Å². The van der Waals surface area contributed by atoms with Crippen molar-refractivity contribution in [1.29, 1.82) is 0 Å². The molecule has 0 bridgehead atoms. The van der Waals surface area contributed by atoms with Crippen LogP contribution in [0, 0.1) is 5.92 Å². The molecule has 3 heterocycles. The normalized spacial score (nSPS) is 17.0. The number of rotatable bonds is 7. The fraction of sp³-hybridized carbons (Fsp3) is 0.522. The molecule has 0 atom stereocenters. The Morgan fingerprint density at radius 3 is 2.83 bits per heavy atom. The van der Waals surface area contributed by atoms with Gasteiger partial charge in [0, 0.05) is 45.0 Å². The Labute approximate surface area is 174 Å². The molecule has 1 aromatic heterocycles. The van der Waals surface area contributed by atoms with Gasteiger partial charge in [0.2, 0.25) is 0 Å². The summed E-state index contributed by atoms with van der Waals surface area (Å²) in [5.41, 5.74) is 3.45. The number of hydrazine groups is 1. The minimum absolute atomic E-state index is 0.597. The summed E-state index contributed by atoms with van der Waals surface area (Å²) in [7, 11) is 2.04. The number of nitrogens with zero attached hydrogens (tertiary/aromatic N) is 4. The van der Waals surface area contributed by atoms with E-state index in [4.69, 9.17) is 10.6 Å². The Morgan fingerprint density at radius 2 is 2.03 bits per heavy atom. The molecule has 156 valence electrons. The molecule has 1 saturated heterocycles. The van der Waals surface area contributed by atoms with E-state index in [1.54, 1.807) is 0 Å². The van der Waals surface area contributed by atoms with Crippen molar-refractivity contribution in [3.63, 3.8) is 0 Å². The minimum Gasteiger partial charge on any atom is -0.471 e. The van der Waals surface area contributed by atoms with E-state index < -0.39 is 0 Å². The van der Waals surface area contributed by atoms with Gasteiger partial charge in [-0.25, -0.2) is 9.99 Å². The number of hydrogen-bond acceptors (Lipinski definition) is 6. The molecule has 1 aromatic carbocycles. The van der Waals surface area contributed by atoms with Crippen LogP contribution in [0.15, 0.2) is 36.5 Å². The number of aromatic nitrogens is 1. The predicted octanol–water partition coefficient (Wildman–Crippen LogP) is 3.76. The van der Waals surface area contributed by atoms with Gasteiger partial charge in [0.15, 0.2) is 6.73 Å². The quantitative estimate of drug-likeness (QED) is 0.569. The fourth-order valence-electron chi connectivity index (χ4n) is 4.49. The molecule has 0 amide bonds. The van der Waals surface area contributed by atoms with E-state index in [2.05, 4.69) is 52.0 Å². The largest absolute Gasteiger partial charge is 0.471 e. The molecule has 2 aliphatic rings. The number of fused-ring (bicyclic) bond motifs is 1. The van der Waals surface area contributed by atoms with E-state index in [1.165, 1.54) is 31.2 Å². The van der Waals surface area contributed by atoms with E-state index in [-0.39, 0.29) is 0 Å². The number of ether oxygens (including phenoxy) is 1. The molecule has 29 heavy (non-hydrogen) atoms. The molecule has 6 nitrogen and oxygen atoms in total. The highest BCUT2D eigenvalue weighted by Crippen LogP contribution is 2.36. The van der Waals surface area contributed by atoms with Gasteiger partial charge in [-0.1, -0.05) is 31.9 Å². The van der Waals surface area contributed by atoms with Crippen molar-refractivity contribution >= 4 is 11.5 Å². The smallest absolute Gasteiger partial charge is 0.161 e. The monoisotopic (exact) mass is 395 g/mol. The highest BCUT2D eigenvalue weighted by atomic mass is 16.5. The number of para-hydroxylation sites is 1. The average Bonchev–Trinajstić information content (AvgIpc) is 3.11. The number of anilines is 2. The zero-order valence-corrected chi connectivity index (χ0v) is 17.7. The first kappa shape index (κ1) is 20.0. The number of benzene rings is 1. The van der Waals surface area contributed by atoms with Gasteiger partial charge in [-0.3, -0.25) is 5.84 Å². The first-order valence-corrected chi connectivity index (χ1v) is 10.8. The van der Waals surface area contributed by atoms with Gasteiger partial charge < -0.3 is 14.5 Å². The lowest BCUT2D eigenvalue weighted by atomic mass is 9.92. The highest BCUT2D eigenvalue weighted by Gasteiger charge is 2.22. The van der Waals surface area contributed by atoms with Gasteiger partial charge in [-0.05, 0) is 42.5 Å². The predicted molar refractivity (Wildman–Crippen MR) is 118 cm³/mol. The topological polar surface area (TPSA) is 57.9 Å². The molecule has 6 heteroatoms. The van der Waals surface area contributed by atoms with E-state index in [0.29, 0.717) is 19.8 Å². The van der Waals surface area contributed by atoms with E-state index in [9.17, 15) is 0 Å². The van der Waals surface area contributed by atoms with Crippen LogP contribution in [0.2, 0.25) is 0 Å². The zero-order valence-electron chi connectivity index (χ0n) is 17.7. The minimum atomic E-state index is 0.597. The van der Waals surface area contributed by atoms with Crippen molar-refractivity contribution in [3.8, 4) is 5.75 Å². The Bertz CT molecular complexity index is 819. The molecule has 0 saturated carbocycles. The molecule has 1 fully saturated rings. The molecule has 0 radical (unpaired) electrons. The van der Waals surface area contributed by atoms with Crippen molar-refractivity contribution in [1.82, 2.24) is 9.99 Å². The van der Waals surface area contributed by atoms with Gasteiger partial charge >= 0.3 is 0 Å². The van der Waals surface area contributed by atoms with Crippen LogP contribution in [0.3, 0.4) is 0 Å². The summed E-state index contributed by atoms with van der Waals surface area (Å²) >= 11 is 0. The maximum Gasteiger partial charge on any atom is 0.161 e. The molecular formula is C23H33N5O. The average molecular weight is 396 g/mol. The third-order valence-electron chi connectivity index (χ3n) is 6.09. The third kappa shape index (κ3) is 4.65. The second kappa shape index (κ2) is 9.01. The summed E-state index contributed by atoms with van der Waals surface area (Å²) in [5.74, 6) is 9.29. The molecule has 2 aromatic rings. The Kier molecular flexibility index (Phi) is 6.21. The van der Waals surface area contributed by atoms with E-state index in [1.807, 2.05) is 18.3 Å². The van der Waals surface area contributed by atoms with E-state index in [0.717, 1.165) is 41.8 Å². The number of hydrogen-bond donors (Lipinski definition) is 1. The van der Waals surface area contributed by atoms with Crippen molar-refractivity contribution in [2.24, 2.45) is 11.8 Å².